The van der Waals surface area contributed by atoms with E-state index in [0.29, 0.717) is 6.54 Å². The zero-order valence-corrected chi connectivity index (χ0v) is 17.8. The van der Waals surface area contributed by atoms with Gasteiger partial charge < -0.3 is 9.47 Å². The summed E-state index contributed by atoms with van der Waals surface area (Å²) in [4.78, 5) is 21.8. The molecule has 0 unspecified atom stereocenters. The second-order valence-electron chi connectivity index (χ2n) is 8.82. The number of fused-ring (bicyclic) bond motifs is 1. The first-order valence-electron chi connectivity index (χ1n) is 10.3. The van der Waals surface area contributed by atoms with Crippen molar-refractivity contribution in [2.75, 3.05) is 37.6 Å². The van der Waals surface area contributed by atoms with E-state index >= 15 is 0 Å². The normalized spacial score (nSPS) is 15.9. The molecule has 1 aromatic carbocycles. The van der Waals surface area contributed by atoms with E-state index < -0.39 is 0 Å². The number of para-hydroxylation sites is 2. The number of hydrogen-bond acceptors (Lipinski definition) is 5. The van der Waals surface area contributed by atoms with Gasteiger partial charge in [-0.05, 0) is 18.2 Å². The van der Waals surface area contributed by atoms with Crippen LogP contribution in [0.25, 0.3) is 11.0 Å². The Morgan fingerprint density at radius 3 is 2.38 bits per heavy atom. The molecule has 154 valence electrons. The number of rotatable bonds is 4. The van der Waals surface area contributed by atoms with Crippen molar-refractivity contribution in [3.63, 3.8) is 0 Å². The van der Waals surface area contributed by atoms with Gasteiger partial charge in [-0.15, -0.1) is 0 Å². The topological polar surface area (TPSA) is 59.2 Å². The van der Waals surface area contributed by atoms with Gasteiger partial charge in [0.05, 0.1) is 23.3 Å². The summed E-state index contributed by atoms with van der Waals surface area (Å²) >= 11 is 0. The largest absolute Gasteiger partial charge is 0.340 e. The van der Waals surface area contributed by atoms with E-state index in [1.54, 1.807) is 10.7 Å². The maximum absolute atomic E-state index is 12.2. The molecule has 0 radical (unpaired) electrons. The molecule has 1 saturated heterocycles. The summed E-state index contributed by atoms with van der Waals surface area (Å²) in [6.45, 7) is 11.6. The van der Waals surface area contributed by atoms with Gasteiger partial charge in [0.2, 0.25) is 5.95 Å². The van der Waals surface area contributed by atoms with Crippen molar-refractivity contribution >= 4 is 17.0 Å². The lowest BCUT2D eigenvalue weighted by Gasteiger charge is -2.35. The maximum Gasteiger partial charge on any atom is 0.266 e. The molecule has 0 bridgehead atoms. The smallest absolute Gasteiger partial charge is 0.266 e. The van der Waals surface area contributed by atoms with Gasteiger partial charge in [-0.1, -0.05) is 32.9 Å². The molecule has 7 heteroatoms. The van der Waals surface area contributed by atoms with E-state index in [-0.39, 0.29) is 11.0 Å². The molecule has 3 aromatic rings. The van der Waals surface area contributed by atoms with Crippen LogP contribution in [-0.2, 0) is 19.0 Å². The Balaban J connectivity index is 1.38. The Morgan fingerprint density at radius 1 is 0.966 bits per heavy atom. The summed E-state index contributed by atoms with van der Waals surface area (Å²) in [5.74, 6) is 1.03. The SMILES string of the molecule is Cn1c(N2CCN(CCn3nc(C(C)(C)C)ccc3=O)CC2)nc2ccccc21. The Morgan fingerprint density at radius 2 is 1.69 bits per heavy atom. The quantitative estimate of drug-likeness (QED) is 0.679. The first kappa shape index (κ1) is 19.6. The third-order valence-corrected chi connectivity index (χ3v) is 5.68. The number of imidazole rings is 1. The van der Waals surface area contributed by atoms with Gasteiger partial charge in [0.1, 0.15) is 0 Å². The van der Waals surface area contributed by atoms with Gasteiger partial charge >= 0.3 is 0 Å². The van der Waals surface area contributed by atoms with E-state index in [1.165, 1.54) is 0 Å². The van der Waals surface area contributed by atoms with Crippen LogP contribution in [0.1, 0.15) is 26.5 Å². The lowest BCUT2D eigenvalue weighted by Crippen LogP contribution is -2.48. The van der Waals surface area contributed by atoms with Crippen LogP contribution < -0.4 is 10.5 Å². The third kappa shape index (κ3) is 4.05. The van der Waals surface area contributed by atoms with E-state index in [0.717, 1.165) is 55.4 Å². The summed E-state index contributed by atoms with van der Waals surface area (Å²) in [6, 6.07) is 11.7. The maximum atomic E-state index is 12.2. The Hall–Kier alpha value is -2.67. The Labute approximate surface area is 171 Å². The molecule has 7 nitrogen and oxygen atoms in total. The number of piperazine rings is 1. The summed E-state index contributed by atoms with van der Waals surface area (Å²) in [7, 11) is 2.08. The fourth-order valence-corrected chi connectivity index (χ4v) is 3.83. The lowest BCUT2D eigenvalue weighted by atomic mass is 9.92. The summed E-state index contributed by atoms with van der Waals surface area (Å²) < 4.78 is 3.78. The number of benzene rings is 1. The standard InChI is InChI=1S/C22H30N6O/c1-22(2,3)19-9-10-20(29)28(24-19)16-13-26-11-14-27(15-12-26)21-23-17-7-5-6-8-18(17)25(21)4/h5-10H,11-16H2,1-4H3. The van der Waals surface area contributed by atoms with E-state index in [4.69, 9.17) is 4.98 Å². The fourth-order valence-electron chi connectivity index (χ4n) is 3.83. The molecule has 2 aromatic heterocycles. The molecule has 1 aliphatic rings. The second kappa shape index (κ2) is 7.63. The van der Waals surface area contributed by atoms with Crippen molar-refractivity contribution in [1.29, 1.82) is 0 Å². The van der Waals surface area contributed by atoms with Gasteiger partial charge in [0, 0.05) is 51.3 Å². The van der Waals surface area contributed by atoms with Gasteiger partial charge in [-0.3, -0.25) is 9.69 Å². The van der Waals surface area contributed by atoms with Crippen molar-refractivity contribution in [3.05, 3.63) is 52.4 Å². The van der Waals surface area contributed by atoms with Crippen LogP contribution in [-0.4, -0.2) is 57.0 Å². The molecule has 0 saturated carbocycles. The Kier molecular flexibility index (Phi) is 5.17. The number of aromatic nitrogens is 4. The predicted octanol–water partition coefficient (Wildman–Crippen LogP) is 2.25. The van der Waals surface area contributed by atoms with Crippen LogP contribution in [0.3, 0.4) is 0 Å². The molecule has 3 heterocycles. The first-order valence-corrected chi connectivity index (χ1v) is 10.3. The van der Waals surface area contributed by atoms with Crippen molar-refractivity contribution in [3.8, 4) is 0 Å². The van der Waals surface area contributed by atoms with Gasteiger partial charge in [0.25, 0.3) is 5.56 Å². The van der Waals surface area contributed by atoms with Gasteiger partial charge in [-0.25, -0.2) is 9.67 Å². The average Bonchev–Trinajstić information content (AvgIpc) is 3.04. The van der Waals surface area contributed by atoms with Crippen LogP contribution in [0.4, 0.5) is 5.95 Å². The lowest BCUT2D eigenvalue weighted by molar-refractivity contribution is 0.240. The molecule has 0 N–H and O–H groups in total. The Bertz CT molecular complexity index is 1050. The summed E-state index contributed by atoms with van der Waals surface area (Å²) in [5, 5.41) is 4.58. The van der Waals surface area contributed by atoms with Crippen molar-refractivity contribution in [2.45, 2.75) is 32.7 Å². The molecule has 0 aliphatic carbocycles. The van der Waals surface area contributed by atoms with Crippen molar-refractivity contribution in [2.24, 2.45) is 7.05 Å². The van der Waals surface area contributed by atoms with Crippen LogP contribution >= 0.6 is 0 Å². The molecule has 0 spiro atoms. The second-order valence-corrected chi connectivity index (χ2v) is 8.82. The molecule has 1 fully saturated rings. The minimum Gasteiger partial charge on any atom is -0.340 e. The number of nitrogens with zero attached hydrogens (tertiary/aromatic N) is 6. The molecule has 0 atom stereocenters. The fraction of sp³-hybridized carbons (Fsp3) is 0.500. The highest BCUT2D eigenvalue weighted by molar-refractivity contribution is 5.78. The molecule has 0 amide bonds. The number of anilines is 1. The van der Waals surface area contributed by atoms with E-state index in [9.17, 15) is 4.79 Å². The van der Waals surface area contributed by atoms with Crippen molar-refractivity contribution in [1.82, 2.24) is 24.2 Å². The van der Waals surface area contributed by atoms with Gasteiger partial charge in [-0.2, -0.15) is 5.10 Å². The molecular formula is C22H30N6O. The van der Waals surface area contributed by atoms with E-state index in [2.05, 4.69) is 65.5 Å². The number of hydrogen-bond donors (Lipinski definition) is 0. The average molecular weight is 395 g/mol. The van der Waals surface area contributed by atoms with Crippen LogP contribution in [0.2, 0.25) is 0 Å². The molecular weight excluding hydrogens is 364 g/mol. The highest BCUT2D eigenvalue weighted by Gasteiger charge is 2.22. The zero-order valence-electron chi connectivity index (χ0n) is 17.8. The van der Waals surface area contributed by atoms with Crippen molar-refractivity contribution < 1.29 is 0 Å². The zero-order chi connectivity index (χ0) is 20.6. The minimum atomic E-state index is -0.0628. The molecule has 4 rings (SSSR count). The van der Waals surface area contributed by atoms with Gasteiger partial charge in [0.15, 0.2) is 0 Å². The van der Waals surface area contributed by atoms with E-state index in [1.807, 2.05) is 12.1 Å². The highest BCUT2D eigenvalue weighted by Crippen LogP contribution is 2.22. The molecule has 29 heavy (non-hydrogen) atoms. The van der Waals surface area contributed by atoms with Crippen LogP contribution in [0, 0.1) is 0 Å². The minimum absolute atomic E-state index is 0.0312. The predicted molar refractivity (Wildman–Crippen MR) is 117 cm³/mol. The van der Waals surface area contributed by atoms with Crippen LogP contribution in [0.5, 0.6) is 0 Å². The third-order valence-electron chi connectivity index (χ3n) is 5.68. The first-order chi connectivity index (χ1) is 13.8. The summed E-state index contributed by atoms with van der Waals surface area (Å²) in [6.07, 6.45) is 0. The number of aryl methyl sites for hydroxylation is 1. The summed E-state index contributed by atoms with van der Waals surface area (Å²) in [5.41, 5.74) is 3.05. The van der Waals surface area contributed by atoms with Crippen LogP contribution in [0.15, 0.2) is 41.2 Å². The highest BCUT2D eigenvalue weighted by atomic mass is 16.1. The monoisotopic (exact) mass is 394 g/mol. The molecule has 1 aliphatic heterocycles.